The van der Waals surface area contributed by atoms with Crippen LogP contribution in [0.1, 0.15) is 16.1 Å². The van der Waals surface area contributed by atoms with Gasteiger partial charge in [-0.1, -0.05) is 15.9 Å². The number of halogens is 1. The molecule has 0 saturated heterocycles. The number of nitrogens with two attached hydrogens (primary N) is 1. The van der Waals surface area contributed by atoms with Crippen LogP contribution in [0.2, 0.25) is 0 Å². The molecular formula is C10H8BrNO2. The van der Waals surface area contributed by atoms with E-state index in [1.807, 2.05) is 19.1 Å². The maximum Gasteiger partial charge on any atom is 0.284 e. The van der Waals surface area contributed by atoms with Gasteiger partial charge in [0.2, 0.25) is 0 Å². The van der Waals surface area contributed by atoms with Crippen LogP contribution in [0, 0.1) is 6.92 Å². The minimum absolute atomic E-state index is 0.192. The van der Waals surface area contributed by atoms with Crippen LogP contribution in [0.15, 0.2) is 27.1 Å². The normalized spacial score (nSPS) is 10.7. The molecule has 0 unspecified atom stereocenters. The number of rotatable bonds is 1. The van der Waals surface area contributed by atoms with E-state index in [-0.39, 0.29) is 5.76 Å². The first kappa shape index (κ1) is 9.27. The van der Waals surface area contributed by atoms with Gasteiger partial charge >= 0.3 is 0 Å². The summed E-state index contributed by atoms with van der Waals surface area (Å²) < 4.78 is 6.21. The fourth-order valence-corrected chi connectivity index (χ4v) is 1.62. The molecule has 4 heteroatoms. The van der Waals surface area contributed by atoms with E-state index in [2.05, 4.69) is 15.9 Å². The summed E-state index contributed by atoms with van der Waals surface area (Å²) in [6.07, 6.45) is 0. The van der Waals surface area contributed by atoms with Crippen LogP contribution in [-0.4, -0.2) is 5.91 Å². The number of fused-ring (bicyclic) bond motifs is 1. The van der Waals surface area contributed by atoms with Gasteiger partial charge in [-0.2, -0.15) is 0 Å². The van der Waals surface area contributed by atoms with E-state index in [1.54, 1.807) is 6.07 Å². The van der Waals surface area contributed by atoms with Crippen molar-refractivity contribution in [3.8, 4) is 0 Å². The van der Waals surface area contributed by atoms with E-state index in [0.717, 1.165) is 15.4 Å². The van der Waals surface area contributed by atoms with Gasteiger partial charge in [-0.25, -0.2) is 0 Å². The van der Waals surface area contributed by atoms with Gasteiger partial charge in [0, 0.05) is 9.86 Å². The van der Waals surface area contributed by atoms with E-state index in [0.29, 0.717) is 5.58 Å². The van der Waals surface area contributed by atoms with E-state index < -0.39 is 5.91 Å². The zero-order chi connectivity index (χ0) is 10.3. The number of carbonyl (C=O) groups excluding carboxylic acids is 1. The molecule has 14 heavy (non-hydrogen) atoms. The predicted octanol–water partition coefficient (Wildman–Crippen LogP) is 2.60. The Morgan fingerprint density at radius 1 is 1.43 bits per heavy atom. The Morgan fingerprint density at radius 3 is 2.79 bits per heavy atom. The molecule has 0 saturated carbocycles. The standard InChI is InChI=1S/C10H8BrNO2/c1-5-2-6-3-9(10(12)13)14-8(6)4-7(5)11/h2-4H,1H3,(H2,12,13). The van der Waals surface area contributed by atoms with Crippen molar-refractivity contribution in [1.82, 2.24) is 0 Å². The molecule has 2 aromatic rings. The van der Waals surface area contributed by atoms with Gasteiger partial charge in [-0.05, 0) is 30.7 Å². The van der Waals surface area contributed by atoms with Crippen molar-refractivity contribution >= 4 is 32.8 Å². The quantitative estimate of drug-likeness (QED) is 0.850. The fourth-order valence-electron chi connectivity index (χ4n) is 1.30. The Balaban J connectivity index is 2.72. The third-order valence-electron chi connectivity index (χ3n) is 2.04. The molecule has 0 aliphatic heterocycles. The van der Waals surface area contributed by atoms with Crippen LogP contribution in [0.25, 0.3) is 11.0 Å². The molecule has 0 atom stereocenters. The smallest absolute Gasteiger partial charge is 0.284 e. The second-order valence-electron chi connectivity index (χ2n) is 3.11. The lowest BCUT2D eigenvalue weighted by molar-refractivity contribution is 0.0976. The summed E-state index contributed by atoms with van der Waals surface area (Å²) in [5, 5.41) is 0.888. The Morgan fingerprint density at radius 2 is 2.14 bits per heavy atom. The molecule has 1 aromatic heterocycles. The van der Waals surface area contributed by atoms with Crippen molar-refractivity contribution in [3.05, 3.63) is 34.0 Å². The number of furan rings is 1. The number of benzene rings is 1. The van der Waals surface area contributed by atoms with Gasteiger partial charge in [0.1, 0.15) is 5.58 Å². The monoisotopic (exact) mass is 253 g/mol. The van der Waals surface area contributed by atoms with E-state index in [4.69, 9.17) is 10.2 Å². The topological polar surface area (TPSA) is 56.2 Å². The van der Waals surface area contributed by atoms with Crippen molar-refractivity contribution in [2.45, 2.75) is 6.92 Å². The number of hydrogen-bond acceptors (Lipinski definition) is 2. The first-order chi connectivity index (χ1) is 6.58. The number of primary amides is 1. The highest BCUT2D eigenvalue weighted by Gasteiger charge is 2.09. The molecule has 3 nitrogen and oxygen atoms in total. The molecule has 0 spiro atoms. The highest BCUT2D eigenvalue weighted by Crippen LogP contribution is 2.26. The van der Waals surface area contributed by atoms with Crippen LogP contribution in [0.3, 0.4) is 0 Å². The Hall–Kier alpha value is -1.29. The van der Waals surface area contributed by atoms with E-state index >= 15 is 0 Å². The summed E-state index contributed by atoms with van der Waals surface area (Å²) in [6, 6.07) is 5.42. The van der Waals surface area contributed by atoms with Gasteiger partial charge in [0.15, 0.2) is 5.76 Å². The average Bonchev–Trinajstić information content (AvgIpc) is 2.48. The minimum atomic E-state index is -0.546. The van der Waals surface area contributed by atoms with Crippen LogP contribution in [0.4, 0.5) is 0 Å². The van der Waals surface area contributed by atoms with Crippen LogP contribution in [-0.2, 0) is 0 Å². The zero-order valence-electron chi connectivity index (χ0n) is 7.50. The van der Waals surface area contributed by atoms with E-state index in [9.17, 15) is 4.79 Å². The third-order valence-corrected chi connectivity index (χ3v) is 2.89. The second-order valence-corrected chi connectivity index (χ2v) is 3.97. The third kappa shape index (κ3) is 1.42. The van der Waals surface area contributed by atoms with Gasteiger partial charge < -0.3 is 10.2 Å². The molecule has 1 aromatic carbocycles. The zero-order valence-corrected chi connectivity index (χ0v) is 9.09. The molecular weight excluding hydrogens is 246 g/mol. The SMILES string of the molecule is Cc1cc2cc(C(N)=O)oc2cc1Br. The summed E-state index contributed by atoms with van der Waals surface area (Å²) in [7, 11) is 0. The highest BCUT2D eigenvalue weighted by atomic mass is 79.9. The summed E-state index contributed by atoms with van der Waals surface area (Å²) in [5.41, 5.74) is 6.86. The number of carbonyl (C=O) groups is 1. The molecule has 0 aliphatic rings. The van der Waals surface area contributed by atoms with Gasteiger partial charge in [0.05, 0.1) is 0 Å². The summed E-state index contributed by atoms with van der Waals surface area (Å²) >= 11 is 3.39. The lowest BCUT2D eigenvalue weighted by Gasteiger charge is -1.95. The summed E-state index contributed by atoms with van der Waals surface area (Å²) in [4.78, 5) is 10.9. The average molecular weight is 254 g/mol. The van der Waals surface area contributed by atoms with Crippen LogP contribution < -0.4 is 5.73 Å². The molecule has 72 valence electrons. The van der Waals surface area contributed by atoms with Crippen molar-refractivity contribution in [2.75, 3.05) is 0 Å². The lowest BCUT2D eigenvalue weighted by atomic mass is 10.2. The molecule has 0 aliphatic carbocycles. The fraction of sp³-hybridized carbons (Fsp3) is 0.100. The minimum Gasteiger partial charge on any atom is -0.451 e. The first-order valence-electron chi connectivity index (χ1n) is 4.07. The molecule has 0 radical (unpaired) electrons. The number of hydrogen-bond donors (Lipinski definition) is 1. The molecule has 2 N–H and O–H groups in total. The first-order valence-corrected chi connectivity index (χ1v) is 4.87. The van der Waals surface area contributed by atoms with Gasteiger partial charge in [-0.15, -0.1) is 0 Å². The van der Waals surface area contributed by atoms with Gasteiger partial charge in [0.25, 0.3) is 5.91 Å². The van der Waals surface area contributed by atoms with Crippen molar-refractivity contribution in [3.63, 3.8) is 0 Å². The molecule has 0 bridgehead atoms. The summed E-state index contributed by atoms with van der Waals surface area (Å²) in [5.74, 6) is -0.354. The van der Waals surface area contributed by atoms with E-state index in [1.165, 1.54) is 0 Å². The molecule has 2 rings (SSSR count). The number of amides is 1. The molecule has 1 heterocycles. The Kier molecular flexibility index (Phi) is 2.07. The molecule has 0 fully saturated rings. The lowest BCUT2D eigenvalue weighted by Crippen LogP contribution is -2.08. The Bertz CT molecular complexity index is 477. The van der Waals surface area contributed by atoms with Crippen molar-refractivity contribution in [1.29, 1.82) is 0 Å². The van der Waals surface area contributed by atoms with Crippen LogP contribution >= 0.6 is 15.9 Å². The maximum atomic E-state index is 10.9. The van der Waals surface area contributed by atoms with Crippen LogP contribution in [0.5, 0.6) is 0 Å². The van der Waals surface area contributed by atoms with Crippen molar-refractivity contribution < 1.29 is 9.21 Å². The van der Waals surface area contributed by atoms with Gasteiger partial charge in [-0.3, -0.25) is 4.79 Å². The highest BCUT2D eigenvalue weighted by molar-refractivity contribution is 9.10. The second kappa shape index (κ2) is 3.13. The van der Waals surface area contributed by atoms with Crippen molar-refractivity contribution in [2.24, 2.45) is 5.73 Å². The predicted molar refractivity (Wildman–Crippen MR) is 57.2 cm³/mol. The largest absolute Gasteiger partial charge is 0.451 e. The maximum absolute atomic E-state index is 10.9. The Labute approximate surface area is 89.0 Å². The summed E-state index contributed by atoms with van der Waals surface area (Å²) in [6.45, 7) is 1.97. The number of aryl methyl sites for hydroxylation is 1. The molecule has 1 amide bonds.